The van der Waals surface area contributed by atoms with Gasteiger partial charge in [-0.3, -0.25) is 0 Å². The molecule has 1 rings (SSSR count). The maximum atomic E-state index is 6.32. The fraction of sp³-hybridized carbons (Fsp3) is 0.625. The number of hydrogen-bond acceptors (Lipinski definition) is 4. The first-order valence-electron chi connectivity index (χ1n) is 6.88. The van der Waals surface area contributed by atoms with Gasteiger partial charge in [0.15, 0.2) is 11.5 Å². The molecule has 0 aliphatic carbocycles. The number of hydrogen-bond donors (Lipinski definition) is 1. The minimum Gasteiger partial charge on any atom is -0.496 e. The lowest BCUT2D eigenvalue weighted by molar-refractivity contribution is 0.336. The molecule has 1 aromatic carbocycles. The SMILES string of the molecule is COc1cc(OC)c(C(N)CCC(C)(C)C)cc1OC. The van der Waals surface area contributed by atoms with Gasteiger partial charge in [0.25, 0.3) is 0 Å². The van der Waals surface area contributed by atoms with Crippen LogP contribution in [-0.4, -0.2) is 21.3 Å². The van der Waals surface area contributed by atoms with Gasteiger partial charge >= 0.3 is 0 Å². The summed E-state index contributed by atoms with van der Waals surface area (Å²) in [5, 5.41) is 0. The second-order valence-corrected chi connectivity index (χ2v) is 6.15. The lowest BCUT2D eigenvalue weighted by atomic mass is 9.87. The van der Waals surface area contributed by atoms with Gasteiger partial charge in [-0.1, -0.05) is 20.8 Å². The first kappa shape index (κ1) is 16.6. The summed E-state index contributed by atoms with van der Waals surface area (Å²) in [6.07, 6.45) is 1.95. The Morgan fingerprint density at radius 1 is 0.950 bits per heavy atom. The third-order valence-electron chi connectivity index (χ3n) is 3.34. The summed E-state index contributed by atoms with van der Waals surface area (Å²) < 4.78 is 16.0. The number of rotatable bonds is 6. The quantitative estimate of drug-likeness (QED) is 0.866. The van der Waals surface area contributed by atoms with Crippen LogP contribution in [-0.2, 0) is 0 Å². The zero-order chi connectivity index (χ0) is 15.3. The summed E-state index contributed by atoms with van der Waals surface area (Å²) in [5.74, 6) is 2.06. The Labute approximate surface area is 122 Å². The van der Waals surface area contributed by atoms with Crippen LogP contribution in [0, 0.1) is 5.41 Å². The molecule has 0 amide bonds. The molecule has 0 saturated carbocycles. The van der Waals surface area contributed by atoms with Crippen LogP contribution in [0.3, 0.4) is 0 Å². The van der Waals surface area contributed by atoms with Crippen molar-refractivity contribution >= 4 is 0 Å². The molecule has 0 radical (unpaired) electrons. The lowest BCUT2D eigenvalue weighted by Gasteiger charge is -2.23. The van der Waals surface area contributed by atoms with E-state index in [1.807, 2.05) is 12.1 Å². The van der Waals surface area contributed by atoms with Crippen LogP contribution in [0.5, 0.6) is 17.2 Å². The second-order valence-electron chi connectivity index (χ2n) is 6.15. The van der Waals surface area contributed by atoms with Gasteiger partial charge in [0.05, 0.1) is 21.3 Å². The molecule has 0 aliphatic rings. The molecular weight excluding hydrogens is 254 g/mol. The predicted octanol–water partition coefficient (Wildman–Crippen LogP) is 3.54. The normalized spacial score (nSPS) is 12.9. The maximum absolute atomic E-state index is 6.32. The van der Waals surface area contributed by atoms with Gasteiger partial charge in [0, 0.05) is 17.7 Å². The van der Waals surface area contributed by atoms with E-state index in [0.29, 0.717) is 11.5 Å². The summed E-state index contributed by atoms with van der Waals surface area (Å²) in [6, 6.07) is 3.65. The van der Waals surface area contributed by atoms with E-state index in [0.717, 1.165) is 24.2 Å². The molecular formula is C16H27NO3. The molecule has 4 nitrogen and oxygen atoms in total. The molecule has 4 heteroatoms. The zero-order valence-corrected chi connectivity index (χ0v) is 13.4. The van der Waals surface area contributed by atoms with E-state index in [-0.39, 0.29) is 11.5 Å². The summed E-state index contributed by atoms with van der Waals surface area (Å²) >= 11 is 0. The number of methoxy groups -OCH3 is 3. The van der Waals surface area contributed by atoms with Crippen LogP contribution < -0.4 is 19.9 Å². The highest BCUT2D eigenvalue weighted by molar-refractivity contribution is 5.51. The number of ether oxygens (including phenoxy) is 3. The monoisotopic (exact) mass is 281 g/mol. The molecule has 20 heavy (non-hydrogen) atoms. The molecule has 1 aromatic rings. The molecule has 1 unspecified atom stereocenters. The minimum atomic E-state index is -0.0796. The summed E-state index contributed by atoms with van der Waals surface area (Å²) in [6.45, 7) is 6.64. The first-order valence-corrected chi connectivity index (χ1v) is 6.88. The van der Waals surface area contributed by atoms with Crippen LogP contribution >= 0.6 is 0 Å². The molecule has 114 valence electrons. The van der Waals surface area contributed by atoms with E-state index in [4.69, 9.17) is 19.9 Å². The molecule has 0 heterocycles. The summed E-state index contributed by atoms with van der Waals surface area (Å²) in [7, 11) is 4.87. The van der Waals surface area contributed by atoms with E-state index in [1.165, 1.54) is 0 Å². The molecule has 0 fully saturated rings. The van der Waals surface area contributed by atoms with Crippen molar-refractivity contribution in [2.45, 2.75) is 39.7 Å². The Morgan fingerprint density at radius 3 is 1.90 bits per heavy atom. The van der Waals surface area contributed by atoms with Crippen molar-refractivity contribution in [3.05, 3.63) is 17.7 Å². The van der Waals surface area contributed by atoms with Crippen molar-refractivity contribution in [2.24, 2.45) is 11.1 Å². The fourth-order valence-corrected chi connectivity index (χ4v) is 2.09. The van der Waals surface area contributed by atoms with Crippen LogP contribution in [0.2, 0.25) is 0 Å². The molecule has 0 aliphatic heterocycles. The highest BCUT2D eigenvalue weighted by Gasteiger charge is 2.19. The third kappa shape index (κ3) is 4.30. The molecule has 0 aromatic heterocycles. The van der Waals surface area contributed by atoms with Crippen LogP contribution in [0.15, 0.2) is 12.1 Å². The van der Waals surface area contributed by atoms with Gasteiger partial charge in [0.1, 0.15) is 5.75 Å². The maximum Gasteiger partial charge on any atom is 0.164 e. The van der Waals surface area contributed by atoms with Crippen molar-refractivity contribution in [1.82, 2.24) is 0 Å². The highest BCUT2D eigenvalue weighted by atomic mass is 16.5. The lowest BCUT2D eigenvalue weighted by Crippen LogP contribution is -2.15. The Morgan fingerprint density at radius 2 is 1.45 bits per heavy atom. The van der Waals surface area contributed by atoms with Crippen LogP contribution in [0.4, 0.5) is 0 Å². The van der Waals surface area contributed by atoms with E-state index < -0.39 is 0 Å². The average molecular weight is 281 g/mol. The summed E-state index contributed by atoms with van der Waals surface area (Å²) in [5.41, 5.74) is 7.54. The standard InChI is InChI=1S/C16H27NO3/c1-16(2,3)8-7-12(17)11-9-14(19-5)15(20-6)10-13(11)18-4/h9-10,12H,7-8,17H2,1-6H3. The van der Waals surface area contributed by atoms with E-state index in [9.17, 15) is 0 Å². The summed E-state index contributed by atoms with van der Waals surface area (Å²) in [4.78, 5) is 0. The molecule has 0 bridgehead atoms. The van der Waals surface area contributed by atoms with Crippen molar-refractivity contribution in [3.8, 4) is 17.2 Å². The molecule has 0 spiro atoms. The Bertz CT molecular complexity index is 438. The second kappa shape index (κ2) is 6.84. The van der Waals surface area contributed by atoms with Gasteiger partial charge in [-0.05, 0) is 24.3 Å². The van der Waals surface area contributed by atoms with Crippen LogP contribution in [0.25, 0.3) is 0 Å². The highest BCUT2D eigenvalue weighted by Crippen LogP contribution is 2.38. The smallest absolute Gasteiger partial charge is 0.164 e. The van der Waals surface area contributed by atoms with Crippen molar-refractivity contribution in [1.29, 1.82) is 0 Å². The predicted molar refractivity (Wildman–Crippen MR) is 81.7 cm³/mol. The van der Waals surface area contributed by atoms with Gasteiger partial charge < -0.3 is 19.9 Å². The Balaban J connectivity index is 3.03. The van der Waals surface area contributed by atoms with E-state index in [2.05, 4.69) is 20.8 Å². The molecule has 0 saturated heterocycles. The number of nitrogens with two attached hydrogens (primary N) is 1. The Kier molecular flexibility index (Phi) is 5.69. The average Bonchev–Trinajstić information content (AvgIpc) is 2.42. The van der Waals surface area contributed by atoms with Crippen molar-refractivity contribution in [2.75, 3.05) is 21.3 Å². The van der Waals surface area contributed by atoms with Gasteiger partial charge in [0.2, 0.25) is 0 Å². The molecule has 2 N–H and O–H groups in total. The van der Waals surface area contributed by atoms with Gasteiger partial charge in [-0.25, -0.2) is 0 Å². The minimum absolute atomic E-state index is 0.0796. The largest absolute Gasteiger partial charge is 0.496 e. The van der Waals surface area contributed by atoms with E-state index >= 15 is 0 Å². The topological polar surface area (TPSA) is 53.7 Å². The fourth-order valence-electron chi connectivity index (χ4n) is 2.09. The zero-order valence-electron chi connectivity index (χ0n) is 13.4. The van der Waals surface area contributed by atoms with Crippen molar-refractivity contribution < 1.29 is 14.2 Å². The van der Waals surface area contributed by atoms with E-state index in [1.54, 1.807) is 21.3 Å². The van der Waals surface area contributed by atoms with Crippen molar-refractivity contribution in [3.63, 3.8) is 0 Å². The van der Waals surface area contributed by atoms with Crippen LogP contribution in [0.1, 0.15) is 45.2 Å². The number of benzene rings is 1. The molecule has 1 atom stereocenters. The third-order valence-corrected chi connectivity index (χ3v) is 3.34. The van der Waals surface area contributed by atoms with Gasteiger partial charge in [-0.15, -0.1) is 0 Å². The first-order chi connectivity index (χ1) is 9.32. The Hall–Kier alpha value is -1.42. The van der Waals surface area contributed by atoms with Gasteiger partial charge in [-0.2, -0.15) is 0 Å².